The van der Waals surface area contributed by atoms with Crippen molar-refractivity contribution in [2.24, 2.45) is 22.0 Å². The average molecular weight is 286 g/mol. The van der Waals surface area contributed by atoms with Crippen LogP contribution in [0.2, 0.25) is 0 Å². The summed E-state index contributed by atoms with van der Waals surface area (Å²) in [4.78, 5) is 22.9. The predicted molar refractivity (Wildman–Crippen MR) is 72.0 cm³/mol. The van der Waals surface area contributed by atoms with Crippen LogP contribution in [0.25, 0.3) is 0 Å². The molecule has 0 atom stereocenters. The molecule has 8 heteroatoms. The Hall–Kier alpha value is -1.83. The number of rotatable bonds is 7. The van der Waals surface area contributed by atoms with Crippen molar-refractivity contribution in [2.45, 2.75) is 32.1 Å². The fourth-order valence-electron chi connectivity index (χ4n) is 2.21. The highest BCUT2D eigenvalue weighted by Gasteiger charge is 2.44. The molecule has 1 heterocycles. The van der Waals surface area contributed by atoms with Crippen LogP contribution in [0, 0.1) is 5.41 Å². The highest BCUT2D eigenvalue weighted by atomic mass is 16.5. The number of ether oxygens (including phenoxy) is 1. The molecule has 1 fully saturated rings. The smallest absolute Gasteiger partial charge is 0.234 e. The second kappa shape index (κ2) is 7.68. The minimum absolute atomic E-state index is 0.0876. The van der Waals surface area contributed by atoms with Gasteiger partial charge in [0.2, 0.25) is 11.8 Å². The summed E-state index contributed by atoms with van der Waals surface area (Å²) in [5.74, 6) is -0.709. The van der Waals surface area contributed by atoms with Gasteiger partial charge in [-0.25, -0.2) is 0 Å². The summed E-state index contributed by atoms with van der Waals surface area (Å²) in [5, 5.41) is 14.6. The Balaban J connectivity index is 2.50. The van der Waals surface area contributed by atoms with Gasteiger partial charge in [0.05, 0.1) is 0 Å². The highest BCUT2D eigenvalue weighted by Crippen LogP contribution is 2.31. The van der Waals surface area contributed by atoms with Crippen LogP contribution in [-0.4, -0.2) is 42.6 Å². The quantitative estimate of drug-likeness (QED) is 0.161. The second-order valence-corrected chi connectivity index (χ2v) is 4.86. The number of primary amides is 1. The van der Waals surface area contributed by atoms with Crippen LogP contribution in [0.3, 0.4) is 0 Å². The average Bonchev–Trinajstić information content (AvgIpc) is 2.46. The van der Waals surface area contributed by atoms with E-state index >= 15 is 0 Å². The van der Waals surface area contributed by atoms with Crippen molar-refractivity contribution in [3.05, 3.63) is 0 Å². The Morgan fingerprint density at radius 2 is 1.90 bits per heavy atom. The summed E-state index contributed by atoms with van der Waals surface area (Å²) in [7, 11) is 0. The maximum Gasteiger partial charge on any atom is 0.234 e. The van der Waals surface area contributed by atoms with E-state index in [2.05, 4.69) is 10.5 Å². The fraction of sp³-hybridized carbons (Fsp3) is 0.750. The van der Waals surface area contributed by atoms with E-state index < -0.39 is 5.41 Å². The second-order valence-electron chi connectivity index (χ2n) is 4.86. The molecule has 0 aromatic rings. The molecular weight excluding hydrogens is 264 g/mol. The maximum atomic E-state index is 12.3. The van der Waals surface area contributed by atoms with Gasteiger partial charge >= 0.3 is 0 Å². The van der Waals surface area contributed by atoms with Gasteiger partial charge in [-0.1, -0.05) is 5.16 Å². The van der Waals surface area contributed by atoms with Crippen molar-refractivity contribution < 1.29 is 19.5 Å². The third-order valence-corrected chi connectivity index (χ3v) is 3.51. The van der Waals surface area contributed by atoms with E-state index in [9.17, 15) is 9.59 Å². The van der Waals surface area contributed by atoms with Crippen LogP contribution >= 0.6 is 0 Å². The first-order valence-corrected chi connectivity index (χ1v) is 6.65. The molecule has 0 aromatic carbocycles. The van der Waals surface area contributed by atoms with Crippen molar-refractivity contribution in [3.8, 4) is 0 Å². The lowest BCUT2D eigenvalue weighted by Crippen LogP contribution is -2.52. The first-order valence-electron chi connectivity index (χ1n) is 6.65. The summed E-state index contributed by atoms with van der Waals surface area (Å²) >= 11 is 0. The molecule has 114 valence electrons. The summed E-state index contributed by atoms with van der Waals surface area (Å²) < 4.78 is 5.22. The van der Waals surface area contributed by atoms with Gasteiger partial charge in [-0.15, -0.1) is 0 Å². The standard InChI is InChI=1S/C12H22N4O4/c13-9(17)3-1-2-6-15-11(18)12(10(14)16-19)4-7-20-8-5-12/h19H,1-8H2,(H2,13,17)(H2,14,16)(H,15,18). The van der Waals surface area contributed by atoms with E-state index in [4.69, 9.17) is 21.4 Å². The van der Waals surface area contributed by atoms with E-state index in [0.717, 1.165) is 0 Å². The molecule has 1 aliphatic heterocycles. The molecule has 0 bridgehead atoms. The monoisotopic (exact) mass is 286 g/mol. The molecule has 8 nitrogen and oxygen atoms in total. The van der Waals surface area contributed by atoms with Crippen molar-refractivity contribution in [1.29, 1.82) is 0 Å². The number of carbonyl (C=O) groups excluding carboxylic acids is 2. The van der Waals surface area contributed by atoms with Gasteiger partial charge in [-0.05, 0) is 25.7 Å². The SMILES string of the molecule is NC(=O)CCCCNC(=O)C1(C(N)=NO)CCOCC1. The lowest BCUT2D eigenvalue weighted by Gasteiger charge is -2.34. The maximum absolute atomic E-state index is 12.3. The number of amidine groups is 1. The zero-order valence-corrected chi connectivity index (χ0v) is 11.4. The number of amides is 2. The Labute approximate surface area is 117 Å². The molecule has 0 aliphatic carbocycles. The van der Waals surface area contributed by atoms with Crippen molar-refractivity contribution in [1.82, 2.24) is 5.32 Å². The van der Waals surface area contributed by atoms with E-state index in [-0.39, 0.29) is 17.6 Å². The van der Waals surface area contributed by atoms with Crippen LogP contribution < -0.4 is 16.8 Å². The molecule has 1 aliphatic rings. The van der Waals surface area contributed by atoms with E-state index in [1.807, 2.05) is 0 Å². The minimum atomic E-state index is -1.00. The lowest BCUT2D eigenvalue weighted by molar-refractivity contribution is -0.131. The Kier molecular flexibility index (Phi) is 6.23. The number of nitrogens with one attached hydrogen (secondary N) is 1. The topological polar surface area (TPSA) is 140 Å². The molecule has 0 spiro atoms. The fourth-order valence-corrected chi connectivity index (χ4v) is 2.21. The van der Waals surface area contributed by atoms with E-state index in [1.54, 1.807) is 0 Å². The van der Waals surface area contributed by atoms with Gasteiger partial charge in [-0.2, -0.15) is 0 Å². The summed E-state index contributed by atoms with van der Waals surface area (Å²) in [6.45, 7) is 1.21. The van der Waals surface area contributed by atoms with Gasteiger partial charge < -0.3 is 26.7 Å². The molecule has 2 amide bonds. The van der Waals surface area contributed by atoms with Crippen LogP contribution in [-0.2, 0) is 14.3 Å². The zero-order chi connectivity index (χ0) is 15.0. The van der Waals surface area contributed by atoms with Crippen molar-refractivity contribution in [3.63, 3.8) is 0 Å². The Morgan fingerprint density at radius 1 is 1.25 bits per heavy atom. The van der Waals surface area contributed by atoms with Crippen LogP contribution in [0.1, 0.15) is 32.1 Å². The zero-order valence-electron chi connectivity index (χ0n) is 11.4. The minimum Gasteiger partial charge on any atom is -0.409 e. The summed E-state index contributed by atoms with van der Waals surface area (Å²) in [6.07, 6.45) is 2.34. The number of oxime groups is 1. The molecule has 0 saturated carbocycles. The largest absolute Gasteiger partial charge is 0.409 e. The molecule has 6 N–H and O–H groups in total. The number of carbonyl (C=O) groups is 2. The highest BCUT2D eigenvalue weighted by molar-refractivity contribution is 6.06. The van der Waals surface area contributed by atoms with E-state index in [1.165, 1.54) is 0 Å². The number of nitrogens with two attached hydrogens (primary N) is 2. The Bertz CT molecular complexity index is 378. The Morgan fingerprint density at radius 3 is 2.45 bits per heavy atom. The van der Waals surface area contributed by atoms with Gasteiger partial charge in [0, 0.05) is 26.2 Å². The molecule has 0 aromatic heterocycles. The van der Waals surface area contributed by atoms with E-state index in [0.29, 0.717) is 51.9 Å². The molecule has 1 saturated heterocycles. The number of hydrogen-bond acceptors (Lipinski definition) is 5. The van der Waals surface area contributed by atoms with Gasteiger partial charge in [0.25, 0.3) is 0 Å². The van der Waals surface area contributed by atoms with Crippen LogP contribution in [0.5, 0.6) is 0 Å². The third-order valence-electron chi connectivity index (χ3n) is 3.51. The van der Waals surface area contributed by atoms with Crippen LogP contribution in [0.15, 0.2) is 5.16 Å². The molecule has 20 heavy (non-hydrogen) atoms. The number of nitrogens with zero attached hydrogens (tertiary/aromatic N) is 1. The van der Waals surface area contributed by atoms with Crippen molar-refractivity contribution in [2.75, 3.05) is 19.8 Å². The van der Waals surface area contributed by atoms with Gasteiger partial charge in [0.1, 0.15) is 5.41 Å². The number of hydrogen-bond donors (Lipinski definition) is 4. The summed E-state index contributed by atoms with van der Waals surface area (Å²) in [6, 6.07) is 0. The number of unbranched alkanes of at least 4 members (excludes halogenated alkanes) is 1. The molecule has 0 radical (unpaired) electrons. The van der Waals surface area contributed by atoms with Crippen molar-refractivity contribution >= 4 is 17.6 Å². The molecular formula is C12H22N4O4. The molecule has 1 rings (SSSR count). The lowest BCUT2D eigenvalue weighted by atomic mass is 9.78. The normalized spacial score (nSPS) is 18.5. The van der Waals surface area contributed by atoms with Gasteiger partial charge in [-0.3, -0.25) is 9.59 Å². The van der Waals surface area contributed by atoms with Gasteiger partial charge in [0.15, 0.2) is 5.84 Å². The first kappa shape index (κ1) is 16.2. The molecule has 0 unspecified atom stereocenters. The third kappa shape index (κ3) is 4.09. The summed E-state index contributed by atoms with van der Waals surface area (Å²) in [5.41, 5.74) is 9.70. The first-order chi connectivity index (χ1) is 9.53. The predicted octanol–water partition coefficient (Wildman–Crippen LogP) is -0.699. The van der Waals surface area contributed by atoms with Crippen LogP contribution in [0.4, 0.5) is 0 Å².